The highest BCUT2D eigenvalue weighted by molar-refractivity contribution is 5.71. The molecule has 1 fully saturated rings. The van der Waals surface area contributed by atoms with Gasteiger partial charge in [0.1, 0.15) is 12.2 Å². The molecule has 1 saturated carbocycles. The second kappa shape index (κ2) is 7.38. The summed E-state index contributed by atoms with van der Waals surface area (Å²) in [6.45, 7) is 3.99. The second-order valence-electron chi connectivity index (χ2n) is 5.32. The van der Waals surface area contributed by atoms with Crippen molar-refractivity contribution in [3.63, 3.8) is 0 Å². The van der Waals surface area contributed by atoms with Crippen LogP contribution in [0.4, 0.5) is 0 Å². The molecule has 6 heteroatoms. The lowest BCUT2D eigenvalue weighted by Gasteiger charge is -2.27. The maximum atomic E-state index is 11.6. The fourth-order valence-corrected chi connectivity index (χ4v) is 2.80. The van der Waals surface area contributed by atoms with E-state index in [1.165, 1.54) is 20.0 Å². The fourth-order valence-electron chi connectivity index (χ4n) is 2.80. The van der Waals surface area contributed by atoms with Gasteiger partial charge in [0.15, 0.2) is 0 Å². The zero-order valence-corrected chi connectivity index (χ0v) is 12.4. The molecule has 1 aromatic heterocycles. The van der Waals surface area contributed by atoms with Crippen LogP contribution in [0.15, 0.2) is 6.33 Å². The smallest absolute Gasteiger partial charge is 0.319 e. The highest BCUT2D eigenvalue weighted by Crippen LogP contribution is 2.24. The number of hydrogen-bond acceptors (Lipinski definition) is 5. The van der Waals surface area contributed by atoms with Gasteiger partial charge in [0.2, 0.25) is 0 Å². The molecule has 2 rings (SSSR count). The molecule has 20 heavy (non-hydrogen) atoms. The van der Waals surface area contributed by atoms with Crippen LogP contribution in [0.25, 0.3) is 0 Å². The number of nitrogens with zero attached hydrogens (tertiary/aromatic N) is 4. The van der Waals surface area contributed by atoms with Gasteiger partial charge >= 0.3 is 5.97 Å². The fraction of sp³-hybridized carbons (Fsp3) is 0.786. The van der Waals surface area contributed by atoms with E-state index in [1.807, 2.05) is 4.68 Å². The number of esters is 1. The van der Waals surface area contributed by atoms with Crippen molar-refractivity contribution in [2.75, 3.05) is 13.7 Å². The Morgan fingerprint density at radius 1 is 1.50 bits per heavy atom. The van der Waals surface area contributed by atoms with Crippen molar-refractivity contribution in [1.29, 1.82) is 0 Å². The molecule has 1 aliphatic carbocycles. The molecule has 0 saturated heterocycles. The van der Waals surface area contributed by atoms with E-state index in [0.29, 0.717) is 19.1 Å². The van der Waals surface area contributed by atoms with E-state index in [9.17, 15) is 4.79 Å². The lowest BCUT2D eigenvalue weighted by atomic mass is 10.2. The monoisotopic (exact) mass is 280 g/mol. The number of carbonyl (C=O) groups is 1. The molecule has 0 unspecified atom stereocenters. The summed E-state index contributed by atoms with van der Waals surface area (Å²) in [5.41, 5.74) is 0. The maximum Gasteiger partial charge on any atom is 0.319 e. The van der Waals surface area contributed by atoms with Gasteiger partial charge in [-0.05, 0) is 19.3 Å². The van der Waals surface area contributed by atoms with E-state index >= 15 is 0 Å². The van der Waals surface area contributed by atoms with Crippen LogP contribution >= 0.6 is 0 Å². The maximum absolute atomic E-state index is 11.6. The molecular formula is C14H24N4O2. The molecule has 6 nitrogen and oxygen atoms in total. The van der Waals surface area contributed by atoms with Crippen LogP contribution in [-0.2, 0) is 22.6 Å². The molecule has 112 valence electrons. The predicted octanol–water partition coefficient (Wildman–Crippen LogP) is 1.61. The third-order valence-corrected chi connectivity index (χ3v) is 3.88. The van der Waals surface area contributed by atoms with E-state index in [-0.39, 0.29) is 5.97 Å². The summed E-state index contributed by atoms with van der Waals surface area (Å²) in [7, 11) is 1.44. The van der Waals surface area contributed by atoms with Crippen molar-refractivity contribution >= 4 is 5.97 Å². The van der Waals surface area contributed by atoms with Crippen LogP contribution in [0.2, 0.25) is 0 Å². The Balaban J connectivity index is 2.05. The topological polar surface area (TPSA) is 60.2 Å². The van der Waals surface area contributed by atoms with E-state index in [4.69, 9.17) is 4.74 Å². The molecule has 0 radical (unpaired) electrons. The summed E-state index contributed by atoms with van der Waals surface area (Å²) in [5.74, 6) is 0.751. The van der Waals surface area contributed by atoms with Gasteiger partial charge in [-0.1, -0.05) is 19.8 Å². The third kappa shape index (κ3) is 3.79. The van der Waals surface area contributed by atoms with Gasteiger partial charge in [0.05, 0.1) is 20.2 Å². The SMILES string of the molecule is CCCn1ncnc1CN(CC(=O)OC)C1CCCC1. The largest absolute Gasteiger partial charge is 0.468 e. The Hall–Kier alpha value is -1.43. The summed E-state index contributed by atoms with van der Waals surface area (Å²) in [6.07, 6.45) is 7.40. The Labute approximate surface area is 120 Å². The molecule has 0 aliphatic heterocycles. The molecule has 0 spiro atoms. The molecule has 1 aliphatic rings. The first-order valence-corrected chi connectivity index (χ1v) is 7.42. The predicted molar refractivity (Wildman–Crippen MR) is 75.0 cm³/mol. The molecular weight excluding hydrogens is 256 g/mol. The molecule has 0 aromatic carbocycles. The first-order chi connectivity index (χ1) is 9.74. The van der Waals surface area contributed by atoms with Crippen molar-refractivity contribution in [2.24, 2.45) is 0 Å². The minimum atomic E-state index is -0.182. The minimum absolute atomic E-state index is 0.182. The average Bonchev–Trinajstić information content (AvgIpc) is 3.10. The first-order valence-electron chi connectivity index (χ1n) is 7.42. The van der Waals surface area contributed by atoms with Crippen molar-refractivity contribution in [3.05, 3.63) is 12.2 Å². The van der Waals surface area contributed by atoms with Gasteiger partial charge in [-0.15, -0.1) is 0 Å². The highest BCUT2D eigenvalue weighted by Gasteiger charge is 2.26. The van der Waals surface area contributed by atoms with E-state index in [1.54, 1.807) is 6.33 Å². The van der Waals surface area contributed by atoms with E-state index < -0.39 is 0 Å². The van der Waals surface area contributed by atoms with Gasteiger partial charge in [0.25, 0.3) is 0 Å². The number of methoxy groups -OCH3 is 1. The number of carbonyl (C=O) groups excluding carboxylic acids is 1. The van der Waals surface area contributed by atoms with Crippen LogP contribution < -0.4 is 0 Å². The van der Waals surface area contributed by atoms with Gasteiger partial charge in [-0.3, -0.25) is 9.69 Å². The Bertz CT molecular complexity index is 427. The third-order valence-electron chi connectivity index (χ3n) is 3.88. The number of ether oxygens (including phenoxy) is 1. The van der Waals surface area contributed by atoms with Crippen molar-refractivity contribution < 1.29 is 9.53 Å². The summed E-state index contributed by atoms with van der Waals surface area (Å²) in [4.78, 5) is 18.1. The lowest BCUT2D eigenvalue weighted by molar-refractivity contribution is -0.142. The van der Waals surface area contributed by atoms with Crippen molar-refractivity contribution in [2.45, 2.75) is 58.2 Å². The summed E-state index contributed by atoms with van der Waals surface area (Å²) < 4.78 is 6.74. The molecule has 0 atom stereocenters. The van der Waals surface area contributed by atoms with Gasteiger partial charge in [-0.2, -0.15) is 5.10 Å². The molecule has 1 aromatic rings. The van der Waals surface area contributed by atoms with Gasteiger partial charge in [0, 0.05) is 12.6 Å². The quantitative estimate of drug-likeness (QED) is 0.710. The van der Waals surface area contributed by atoms with Crippen LogP contribution in [0.1, 0.15) is 44.9 Å². The zero-order chi connectivity index (χ0) is 14.4. The Kier molecular flexibility index (Phi) is 5.52. The zero-order valence-electron chi connectivity index (χ0n) is 12.4. The first kappa shape index (κ1) is 15.0. The normalized spacial score (nSPS) is 15.9. The minimum Gasteiger partial charge on any atom is -0.468 e. The van der Waals surface area contributed by atoms with Gasteiger partial charge in [-0.25, -0.2) is 9.67 Å². The van der Waals surface area contributed by atoms with Crippen LogP contribution in [0, 0.1) is 0 Å². The Morgan fingerprint density at radius 3 is 2.90 bits per heavy atom. The highest BCUT2D eigenvalue weighted by atomic mass is 16.5. The van der Waals surface area contributed by atoms with Crippen LogP contribution in [-0.4, -0.2) is 45.3 Å². The number of hydrogen-bond donors (Lipinski definition) is 0. The summed E-state index contributed by atoms with van der Waals surface area (Å²) in [5, 5.41) is 4.25. The Morgan fingerprint density at radius 2 is 2.25 bits per heavy atom. The van der Waals surface area contributed by atoms with Crippen LogP contribution in [0.5, 0.6) is 0 Å². The van der Waals surface area contributed by atoms with Crippen molar-refractivity contribution in [1.82, 2.24) is 19.7 Å². The molecule has 0 amide bonds. The molecule has 0 bridgehead atoms. The average molecular weight is 280 g/mol. The van der Waals surface area contributed by atoms with Crippen LogP contribution in [0.3, 0.4) is 0 Å². The number of rotatable bonds is 7. The number of aromatic nitrogens is 3. The summed E-state index contributed by atoms with van der Waals surface area (Å²) in [6, 6.07) is 0.459. The summed E-state index contributed by atoms with van der Waals surface area (Å²) >= 11 is 0. The molecule has 0 N–H and O–H groups in total. The van der Waals surface area contributed by atoms with E-state index in [0.717, 1.165) is 31.6 Å². The second-order valence-corrected chi connectivity index (χ2v) is 5.32. The number of aryl methyl sites for hydroxylation is 1. The van der Waals surface area contributed by atoms with Crippen molar-refractivity contribution in [3.8, 4) is 0 Å². The molecule has 1 heterocycles. The van der Waals surface area contributed by atoms with E-state index in [2.05, 4.69) is 21.9 Å². The van der Waals surface area contributed by atoms with Gasteiger partial charge < -0.3 is 4.74 Å². The standard InChI is InChI=1S/C14H24N4O2/c1-3-8-18-13(15-11-16-18)9-17(10-14(19)20-2)12-6-4-5-7-12/h11-12H,3-10H2,1-2H3. The lowest BCUT2D eigenvalue weighted by Crippen LogP contribution is -2.38.